The van der Waals surface area contributed by atoms with Gasteiger partial charge in [0.05, 0.1) is 35.1 Å². The molecule has 6 aromatic heterocycles. The summed E-state index contributed by atoms with van der Waals surface area (Å²) in [6.45, 7) is 0.822. The van der Waals surface area contributed by atoms with Crippen molar-refractivity contribution in [1.29, 1.82) is 0 Å². The minimum atomic E-state index is 0.763. The van der Waals surface area contributed by atoms with Crippen molar-refractivity contribution in [3.05, 3.63) is 73.1 Å². The molecule has 0 aromatic carbocycles. The number of furan rings is 1. The van der Waals surface area contributed by atoms with Gasteiger partial charge in [0.2, 0.25) is 0 Å². The van der Waals surface area contributed by atoms with Crippen molar-refractivity contribution < 1.29 is 4.42 Å². The highest BCUT2D eigenvalue weighted by molar-refractivity contribution is 5.99. The normalized spacial score (nSPS) is 11.7. The Labute approximate surface area is 189 Å². The van der Waals surface area contributed by atoms with Crippen molar-refractivity contribution in [1.82, 2.24) is 35.0 Å². The fourth-order valence-electron chi connectivity index (χ4n) is 4.14. The van der Waals surface area contributed by atoms with Gasteiger partial charge < -0.3 is 14.3 Å². The van der Waals surface area contributed by atoms with Crippen LogP contribution in [0.5, 0.6) is 0 Å². The van der Waals surface area contributed by atoms with E-state index in [9.17, 15) is 0 Å². The molecule has 8 heteroatoms. The molecule has 0 bridgehead atoms. The van der Waals surface area contributed by atoms with Gasteiger partial charge in [0, 0.05) is 47.2 Å². The van der Waals surface area contributed by atoms with E-state index in [-0.39, 0.29) is 0 Å². The molecule has 0 fully saturated rings. The molecule has 0 aliphatic heterocycles. The van der Waals surface area contributed by atoms with Gasteiger partial charge in [-0.15, -0.1) is 0 Å². The first-order valence-electron chi connectivity index (χ1n) is 10.6. The molecule has 6 aromatic rings. The van der Waals surface area contributed by atoms with Gasteiger partial charge in [-0.25, -0.2) is 4.98 Å². The molecule has 162 valence electrons. The van der Waals surface area contributed by atoms with Crippen LogP contribution in [0.1, 0.15) is 5.56 Å². The fraction of sp³-hybridized carbons (Fsp3) is 0.120. The van der Waals surface area contributed by atoms with Crippen molar-refractivity contribution in [3.8, 4) is 33.9 Å². The predicted molar refractivity (Wildman–Crippen MR) is 127 cm³/mol. The van der Waals surface area contributed by atoms with Gasteiger partial charge in [0.15, 0.2) is 0 Å². The van der Waals surface area contributed by atoms with E-state index >= 15 is 0 Å². The second kappa shape index (κ2) is 7.68. The van der Waals surface area contributed by atoms with Gasteiger partial charge in [-0.05, 0) is 56.1 Å². The van der Waals surface area contributed by atoms with Crippen LogP contribution in [0.3, 0.4) is 0 Å². The monoisotopic (exact) mass is 435 g/mol. The zero-order valence-corrected chi connectivity index (χ0v) is 18.2. The van der Waals surface area contributed by atoms with Gasteiger partial charge in [-0.2, -0.15) is 5.10 Å². The highest BCUT2D eigenvalue weighted by atomic mass is 16.3. The van der Waals surface area contributed by atoms with Gasteiger partial charge in [0.25, 0.3) is 0 Å². The van der Waals surface area contributed by atoms with Crippen LogP contribution in [-0.2, 0) is 6.54 Å². The van der Waals surface area contributed by atoms with Crippen LogP contribution in [0.25, 0.3) is 55.8 Å². The maximum absolute atomic E-state index is 5.25. The van der Waals surface area contributed by atoms with Crippen molar-refractivity contribution in [2.45, 2.75) is 6.54 Å². The molecule has 0 spiro atoms. The fourth-order valence-corrected chi connectivity index (χ4v) is 4.14. The average Bonchev–Trinajstić information content (AvgIpc) is 3.57. The van der Waals surface area contributed by atoms with Gasteiger partial charge in [0.1, 0.15) is 11.2 Å². The number of aromatic nitrogens is 6. The Morgan fingerprint density at radius 3 is 2.76 bits per heavy atom. The lowest BCUT2D eigenvalue weighted by Crippen LogP contribution is -2.10. The van der Waals surface area contributed by atoms with Gasteiger partial charge >= 0.3 is 0 Å². The van der Waals surface area contributed by atoms with Crippen LogP contribution in [-0.4, -0.2) is 49.1 Å². The number of fused-ring (bicyclic) bond motifs is 2. The molecule has 0 unspecified atom stereocenters. The molecule has 0 saturated carbocycles. The summed E-state index contributed by atoms with van der Waals surface area (Å²) < 4.78 is 5.25. The third-order valence-electron chi connectivity index (χ3n) is 5.60. The minimum Gasteiger partial charge on any atom is -0.472 e. The molecular weight excluding hydrogens is 414 g/mol. The number of H-pyrrole nitrogens is 2. The second-order valence-corrected chi connectivity index (χ2v) is 8.30. The van der Waals surface area contributed by atoms with Crippen LogP contribution >= 0.6 is 0 Å². The molecule has 33 heavy (non-hydrogen) atoms. The van der Waals surface area contributed by atoms with E-state index in [2.05, 4.69) is 42.2 Å². The number of aromatic amines is 2. The Balaban J connectivity index is 1.45. The minimum absolute atomic E-state index is 0.763. The van der Waals surface area contributed by atoms with Crippen LogP contribution in [0, 0.1) is 0 Å². The van der Waals surface area contributed by atoms with E-state index in [0.29, 0.717) is 0 Å². The number of nitrogens with one attached hydrogen (secondary N) is 2. The van der Waals surface area contributed by atoms with Gasteiger partial charge in [-0.3, -0.25) is 15.1 Å². The van der Waals surface area contributed by atoms with E-state index in [4.69, 9.17) is 9.40 Å². The molecule has 6 heterocycles. The first kappa shape index (κ1) is 19.4. The topological polar surface area (TPSA) is 99.5 Å². The van der Waals surface area contributed by atoms with E-state index in [1.807, 2.05) is 50.8 Å². The lowest BCUT2D eigenvalue weighted by atomic mass is 10.1. The number of hydrogen-bond donors (Lipinski definition) is 2. The summed E-state index contributed by atoms with van der Waals surface area (Å²) in [6.07, 6.45) is 8.88. The van der Waals surface area contributed by atoms with Crippen LogP contribution in [0.15, 0.2) is 71.9 Å². The summed E-state index contributed by atoms with van der Waals surface area (Å²) >= 11 is 0. The summed E-state index contributed by atoms with van der Waals surface area (Å²) in [5, 5.41) is 8.67. The molecule has 0 saturated heterocycles. The Morgan fingerprint density at radius 2 is 1.91 bits per heavy atom. The van der Waals surface area contributed by atoms with Crippen LogP contribution in [0.2, 0.25) is 0 Å². The number of hydrogen-bond acceptors (Lipinski definition) is 6. The summed E-state index contributed by atoms with van der Waals surface area (Å²) in [5.41, 5.74) is 9.06. The highest BCUT2D eigenvalue weighted by Gasteiger charge is 2.16. The zero-order chi connectivity index (χ0) is 22.4. The Morgan fingerprint density at radius 1 is 0.970 bits per heavy atom. The summed E-state index contributed by atoms with van der Waals surface area (Å²) in [7, 11) is 4.09. The van der Waals surface area contributed by atoms with E-state index in [1.54, 1.807) is 18.7 Å². The summed E-state index contributed by atoms with van der Waals surface area (Å²) in [6, 6.07) is 12.1. The van der Waals surface area contributed by atoms with Gasteiger partial charge in [-0.1, -0.05) is 0 Å². The third kappa shape index (κ3) is 3.46. The summed E-state index contributed by atoms with van der Waals surface area (Å²) in [5.74, 6) is 0. The first-order valence-corrected chi connectivity index (χ1v) is 10.6. The summed E-state index contributed by atoms with van der Waals surface area (Å²) in [4.78, 5) is 19.5. The average molecular weight is 435 g/mol. The van der Waals surface area contributed by atoms with Crippen LogP contribution < -0.4 is 0 Å². The maximum atomic E-state index is 5.25. The smallest absolute Gasteiger partial charge is 0.135 e. The molecule has 0 amide bonds. The highest BCUT2D eigenvalue weighted by Crippen LogP contribution is 2.33. The quantitative estimate of drug-likeness (QED) is 0.400. The lowest BCUT2D eigenvalue weighted by molar-refractivity contribution is 0.402. The largest absolute Gasteiger partial charge is 0.472 e. The van der Waals surface area contributed by atoms with Crippen LogP contribution in [0.4, 0.5) is 0 Å². The van der Waals surface area contributed by atoms with Crippen molar-refractivity contribution in [2.75, 3.05) is 14.1 Å². The molecular formula is C25H21N7O. The first-order chi connectivity index (χ1) is 16.2. The molecule has 2 N–H and O–H groups in total. The maximum Gasteiger partial charge on any atom is 0.135 e. The lowest BCUT2D eigenvalue weighted by Gasteiger charge is -2.10. The molecule has 8 nitrogen and oxygen atoms in total. The molecule has 0 aliphatic carbocycles. The van der Waals surface area contributed by atoms with E-state index in [0.717, 1.165) is 67.9 Å². The van der Waals surface area contributed by atoms with E-state index in [1.165, 1.54) is 0 Å². The molecule has 0 atom stereocenters. The number of nitrogens with zero attached hydrogens (tertiary/aromatic N) is 5. The standard InChI is InChI=1S/C25H21N7O/c1-32(2)13-15-9-17(12-26-11-15)19-3-4-21-24(29-19)25(31-30-21)22-10-18-20(28-22)5-7-27-23(18)16-6-8-33-14-16/h3-12,14,28H,13H2,1-2H3,(H,30,31). The molecule has 6 rings (SSSR count). The van der Waals surface area contributed by atoms with E-state index < -0.39 is 0 Å². The van der Waals surface area contributed by atoms with Crippen molar-refractivity contribution >= 4 is 21.9 Å². The Hall–Kier alpha value is -4.30. The Bertz CT molecular complexity index is 1580. The van der Waals surface area contributed by atoms with Crippen molar-refractivity contribution in [3.63, 3.8) is 0 Å². The zero-order valence-electron chi connectivity index (χ0n) is 18.2. The Kier molecular flexibility index (Phi) is 4.51. The molecule has 0 radical (unpaired) electrons. The predicted octanol–water partition coefficient (Wildman–Crippen LogP) is 4.88. The SMILES string of the molecule is CN(C)Cc1cncc(-c2ccc3[nH]nc(-c4cc5c(-c6ccoc6)nccc5[nH]4)c3n2)c1. The molecule has 0 aliphatic rings. The number of rotatable bonds is 5. The van der Waals surface area contributed by atoms with Crippen molar-refractivity contribution in [2.24, 2.45) is 0 Å². The second-order valence-electron chi connectivity index (χ2n) is 8.30. The number of pyridine rings is 3. The third-order valence-corrected chi connectivity index (χ3v) is 5.60.